The monoisotopic (exact) mass is 568 g/mol. The first-order valence-corrected chi connectivity index (χ1v) is 12.0. The first kappa shape index (κ1) is 28.7. The van der Waals surface area contributed by atoms with Gasteiger partial charge in [-0.1, -0.05) is 0 Å². The maximum atomic E-state index is 12.8. The van der Waals surface area contributed by atoms with E-state index < -0.39 is 43.8 Å². The van der Waals surface area contributed by atoms with Crippen LogP contribution >= 0.6 is 0 Å². The molecule has 0 aliphatic carbocycles. The highest BCUT2D eigenvalue weighted by Gasteiger charge is 2.47. The van der Waals surface area contributed by atoms with Gasteiger partial charge in [0, 0.05) is 25.0 Å². The zero-order valence-corrected chi connectivity index (χ0v) is 19.8. The fourth-order valence-corrected chi connectivity index (χ4v) is 4.44. The van der Waals surface area contributed by atoms with Crippen LogP contribution in [0, 0.1) is 11.3 Å². The maximum Gasteiger partial charge on any atom is 0.501 e. The molecular weight excluding hydrogens is 550 g/mol. The van der Waals surface area contributed by atoms with E-state index in [1.807, 2.05) is 6.07 Å². The lowest BCUT2D eigenvalue weighted by molar-refractivity contribution is -0.244. The number of nitrogens with zero attached hydrogens (tertiary/aromatic N) is 4. The van der Waals surface area contributed by atoms with Gasteiger partial charge in [0.15, 0.2) is 5.82 Å². The quantitative estimate of drug-likeness (QED) is 0.479. The van der Waals surface area contributed by atoms with Crippen LogP contribution in [0.4, 0.5) is 37.8 Å². The van der Waals surface area contributed by atoms with Crippen molar-refractivity contribution in [2.24, 2.45) is 5.73 Å². The molecule has 2 aromatic rings. The van der Waals surface area contributed by atoms with E-state index in [0.717, 1.165) is 17.2 Å². The van der Waals surface area contributed by atoms with Gasteiger partial charge in [-0.2, -0.15) is 36.7 Å². The molecule has 206 valence electrons. The molecule has 3 N–H and O–H groups in total. The van der Waals surface area contributed by atoms with Crippen LogP contribution in [0.5, 0.6) is 0 Å². The molecule has 0 radical (unpaired) electrons. The minimum Gasteiger partial charge on any atom is -0.365 e. The number of alkyl halides is 6. The van der Waals surface area contributed by atoms with Gasteiger partial charge in [-0.3, -0.25) is 9.48 Å². The van der Waals surface area contributed by atoms with Crippen molar-refractivity contribution < 1.29 is 49.2 Å². The summed E-state index contributed by atoms with van der Waals surface area (Å²) in [7, 11) is -5.58. The molecule has 1 amide bonds. The molecule has 18 heteroatoms. The van der Waals surface area contributed by atoms with E-state index in [0.29, 0.717) is 12.1 Å². The average Bonchev–Trinajstić information content (AvgIpc) is 3.24. The van der Waals surface area contributed by atoms with Crippen molar-refractivity contribution in [1.82, 2.24) is 14.8 Å². The number of nitrogens with one attached hydrogen (secondary N) is 1. The van der Waals surface area contributed by atoms with Crippen molar-refractivity contribution in [3.63, 3.8) is 0 Å². The molecule has 38 heavy (non-hydrogen) atoms. The summed E-state index contributed by atoms with van der Waals surface area (Å²) in [5, 5.41) is 17.0. The van der Waals surface area contributed by atoms with E-state index in [2.05, 4.69) is 15.3 Å². The Morgan fingerprint density at radius 1 is 1.13 bits per heavy atom. The molecule has 1 saturated heterocycles. The maximum absolute atomic E-state index is 12.8. The van der Waals surface area contributed by atoms with Crippen LogP contribution in [0.1, 0.15) is 29.6 Å². The largest absolute Gasteiger partial charge is 0.501 e. The third kappa shape index (κ3) is 5.83. The van der Waals surface area contributed by atoms with E-state index in [-0.39, 0.29) is 49.4 Å². The number of amides is 1. The third-order valence-electron chi connectivity index (χ3n) is 5.70. The third-order valence-corrected chi connectivity index (χ3v) is 7.20. The summed E-state index contributed by atoms with van der Waals surface area (Å²) in [5.74, 6) is -3.55. The predicted molar refractivity (Wildman–Crippen MR) is 115 cm³/mol. The molecule has 1 aromatic heterocycles. The van der Waals surface area contributed by atoms with Crippen molar-refractivity contribution in [1.29, 1.82) is 5.26 Å². The van der Waals surface area contributed by atoms with Gasteiger partial charge < -0.3 is 15.9 Å². The van der Waals surface area contributed by atoms with Crippen molar-refractivity contribution in [2.45, 2.75) is 41.4 Å². The highest BCUT2D eigenvalue weighted by molar-refractivity contribution is 7.92. The Labute approximate surface area is 210 Å². The van der Waals surface area contributed by atoms with Gasteiger partial charge in [-0.05, 0) is 37.1 Å². The van der Waals surface area contributed by atoms with Gasteiger partial charge in [0.2, 0.25) is 0 Å². The zero-order valence-electron chi connectivity index (χ0n) is 19.0. The number of rotatable bonds is 7. The smallest absolute Gasteiger partial charge is 0.365 e. The summed E-state index contributed by atoms with van der Waals surface area (Å²) in [6, 6.07) is 5.34. The molecule has 0 atom stereocenters. The van der Waals surface area contributed by atoms with Crippen LogP contribution in [0.3, 0.4) is 0 Å². The number of hydroxylamine groups is 2. The van der Waals surface area contributed by atoms with Gasteiger partial charge in [-0.25, -0.2) is 13.2 Å². The average molecular weight is 568 g/mol. The van der Waals surface area contributed by atoms with Gasteiger partial charge in [0.05, 0.1) is 22.9 Å². The fourth-order valence-electron chi connectivity index (χ4n) is 3.67. The van der Waals surface area contributed by atoms with Crippen LogP contribution in [-0.4, -0.2) is 59.9 Å². The Hall–Kier alpha value is -3.85. The minimum absolute atomic E-state index is 0.0188. The number of aromatic nitrogens is 2. The fraction of sp³-hybridized carbons (Fsp3) is 0.400. The predicted octanol–water partition coefficient (Wildman–Crippen LogP) is 2.74. The summed E-state index contributed by atoms with van der Waals surface area (Å²) >= 11 is 0. The summed E-state index contributed by atoms with van der Waals surface area (Å²) < 4.78 is 100. The lowest BCUT2D eigenvalue weighted by atomic mass is 9.85. The number of carbonyl (C=O) groups is 2. The van der Waals surface area contributed by atoms with Crippen molar-refractivity contribution in [2.75, 3.05) is 18.4 Å². The summed E-state index contributed by atoms with van der Waals surface area (Å²) in [5.41, 5.74) is -1.39. The number of hydrogen-bond acceptors (Lipinski definition) is 9. The van der Waals surface area contributed by atoms with Gasteiger partial charge >= 0.3 is 17.7 Å². The lowest BCUT2D eigenvalue weighted by Crippen LogP contribution is -2.48. The highest BCUT2D eigenvalue weighted by atomic mass is 32.2. The summed E-state index contributed by atoms with van der Waals surface area (Å²) in [4.78, 5) is 26.4. The number of sulfone groups is 1. The number of benzene rings is 1. The summed E-state index contributed by atoms with van der Waals surface area (Å²) in [6.45, 7) is -0.402. The number of nitrogens with two attached hydrogens (primary N) is 1. The molecular formula is C20H18F6N6O5S. The molecule has 3 rings (SSSR count). The number of hydrogen-bond donors (Lipinski definition) is 2. The van der Waals surface area contributed by atoms with E-state index >= 15 is 0 Å². The second-order valence-electron chi connectivity index (χ2n) is 8.16. The van der Waals surface area contributed by atoms with Crippen molar-refractivity contribution in [3.05, 3.63) is 36.0 Å². The Morgan fingerprint density at radius 2 is 1.71 bits per heavy atom. The molecule has 2 heterocycles. The molecule has 0 spiro atoms. The lowest BCUT2D eigenvalue weighted by Gasteiger charge is -2.39. The van der Waals surface area contributed by atoms with Crippen LogP contribution in [0.25, 0.3) is 0 Å². The SMILES string of the molecule is N#CCC1(n2cc(C(N)=O)c(Nc3ccc(S(=O)(=O)C(F)(F)F)cc3)n2)CCN(OC(=O)C(F)(F)F)CC1. The highest BCUT2D eigenvalue weighted by Crippen LogP contribution is 2.36. The molecule has 11 nitrogen and oxygen atoms in total. The van der Waals surface area contributed by atoms with E-state index in [4.69, 9.17) is 5.73 Å². The number of nitriles is 1. The van der Waals surface area contributed by atoms with Crippen molar-refractivity contribution in [3.8, 4) is 6.07 Å². The molecule has 0 saturated carbocycles. The van der Waals surface area contributed by atoms with Crippen LogP contribution in [0.2, 0.25) is 0 Å². The van der Waals surface area contributed by atoms with Crippen LogP contribution < -0.4 is 11.1 Å². The van der Waals surface area contributed by atoms with Gasteiger partial charge in [0.1, 0.15) is 5.56 Å². The first-order valence-electron chi connectivity index (χ1n) is 10.5. The zero-order chi connectivity index (χ0) is 28.5. The molecule has 1 aromatic carbocycles. The first-order chi connectivity index (χ1) is 17.5. The number of piperidine rings is 1. The van der Waals surface area contributed by atoms with Gasteiger partial charge in [0.25, 0.3) is 15.7 Å². The van der Waals surface area contributed by atoms with Crippen LogP contribution in [0.15, 0.2) is 35.4 Å². The van der Waals surface area contributed by atoms with E-state index in [9.17, 15) is 49.6 Å². The molecule has 0 bridgehead atoms. The van der Waals surface area contributed by atoms with Crippen LogP contribution in [-0.2, 0) is 25.0 Å². The number of anilines is 2. The molecule has 1 aliphatic heterocycles. The number of primary amides is 1. The topological polar surface area (TPSA) is 160 Å². The molecule has 1 fully saturated rings. The Kier molecular flexibility index (Phi) is 7.66. The summed E-state index contributed by atoms with van der Waals surface area (Å²) in [6.07, 6.45) is -4.24. The standard InChI is InChI=1S/C20H18F6N6O5S/c21-19(22,23)17(34)37-31-9-6-18(5-8-27,7-10-31)32-11-14(15(28)33)16(30-32)29-12-1-3-13(4-2-12)38(35,36)20(24,25)26/h1-4,11H,5-7,9-10H2,(H2,28,33)(H,29,30). The Balaban J connectivity index is 1.86. The Morgan fingerprint density at radius 3 is 2.18 bits per heavy atom. The number of carbonyl (C=O) groups excluding carboxylic acids is 2. The molecule has 0 unspecified atom stereocenters. The molecule has 1 aliphatic rings. The van der Waals surface area contributed by atoms with Crippen molar-refractivity contribution >= 4 is 33.2 Å². The van der Waals surface area contributed by atoms with E-state index in [1.165, 1.54) is 10.9 Å². The Bertz CT molecular complexity index is 1360. The number of halogens is 6. The van der Waals surface area contributed by atoms with E-state index in [1.54, 1.807) is 0 Å². The second-order valence-corrected chi connectivity index (χ2v) is 10.1. The normalized spacial score (nSPS) is 16.4. The second kappa shape index (κ2) is 10.1. The minimum atomic E-state index is -5.58. The van der Waals surface area contributed by atoms with Gasteiger partial charge in [-0.15, -0.1) is 5.06 Å².